The second kappa shape index (κ2) is 5.77. The van der Waals surface area contributed by atoms with Crippen molar-refractivity contribution in [3.05, 3.63) is 35.0 Å². The van der Waals surface area contributed by atoms with Gasteiger partial charge in [0.05, 0.1) is 19.2 Å². The molecular formula is C15H18N2O3. The zero-order valence-electron chi connectivity index (χ0n) is 11.9. The summed E-state index contributed by atoms with van der Waals surface area (Å²) in [6.07, 6.45) is 0.839. The van der Waals surface area contributed by atoms with Crippen LogP contribution in [0, 0.1) is 6.92 Å². The smallest absolute Gasteiger partial charge is 0.307 e. The number of nitrogens with one attached hydrogen (secondary N) is 1. The Morgan fingerprint density at radius 2 is 2.20 bits per heavy atom. The highest BCUT2D eigenvalue weighted by Crippen LogP contribution is 2.33. The van der Waals surface area contributed by atoms with Crippen LogP contribution in [-0.2, 0) is 17.6 Å². The van der Waals surface area contributed by atoms with E-state index in [0.29, 0.717) is 17.0 Å². The highest BCUT2D eigenvalue weighted by Gasteiger charge is 2.18. The van der Waals surface area contributed by atoms with E-state index in [0.717, 1.165) is 23.2 Å². The number of H-pyrrole nitrogens is 1. The van der Waals surface area contributed by atoms with Gasteiger partial charge in [-0.2, -0.15) is 5.10 Å². The molecule has 0 aliphatic rings. The first-order chi connectivity index (χ1) is 9.56. The Hall–Kier alpha value is -2.30. The average molecular weight is 274 g/mol. The van der Waals surface area contributed by atoms with E-state index in [1.165, 1.54) is 0 Å². The van der Waals surface area contributed by atoms with Crippen LogP contribution >= 0.6 is 0 Å². The van der Waals surface area contributed by atoms with Crippen molar-refractivity contribution in [2.45, 2.75) is 26.7 Å². The molecule has 0 aliphatic heterocycles. The van der Waals surface area contributed by atoms with Gasteiger partial charge in [-0.05, 0) is 31.0 Å². The molecule has 1 aromatic heterocycles. The average Bonchev–Trinajstić information content (AvgIpc) is 2.79. The van der Waals surface area contributed by atoms with E-state index in [1.807, 2.05) is 25.1 Å². The molecule has 0 saturated carbocycles. The van der Waals surface area contributed by atoms with Crippen LogP contribution in [0.25, 0.3) is 11.3 Å². The molecule has 1 aromatic carbocycles. The van der Waals surface area contributed by atoms with E-state index in [2.05, 4.69) is 17.1 Å². The summed E-state index contributed by atoms with van der Waals surface area (Å²) >= 11 is 0. The van der Waals surface area contributed by atoms with E-state index in [4.69, 9.17) is 9.84 Å². The number of ether oxygens (including phenoxy) is 1. The molecule has 2 rings (SSSR count). The molecule has 0 radical (unpaired) electrons. The van der Waals surface area contributed by atoms with Gasteiger partial charge in [-0.25, -0.2) is 0 Å². The summed E-state index contributed by atoms with van der Waals surface area (Å²) in [7, 11) is 1.60. The highest BCUT2D eigenvalue weighted by atomic mass is 16.5. The number of carboxylic acids is 1. The minimum absolute atomic E-state index is 0.0584. The number of nitrogens with zero attached hydrogens (tertiary/aromatic N) is 1. The van der Waals surface area contributed by atoms with Gasteiger partial charge >= 0.3 is 5.97 Å². The topological polar surface area (TPSA) is 75.2 Å². The van der Waals surface area contributed by atoms with Gasteiger partial charge in [0.2, 0.25) is 0 Å². The number of methoxy groups -OCH3 is 1. The third-order valence-corrected chi connectivity index (χ3v) is 3.33. The Bertz CT molecular complexity index is 632. The monoisotopic (exact) mass is 274 g/mol. The molecule has 0 aliphatic carbocycles. The zero-order valence-corrected chi connectivity index (χ0v) is 11.9. The Kier molecular flexibility index (Phi) is 4.08. The predicted molar refractivity (Wildman–Crippen MR) is 76.0 cm³/mol. The predicted octanol–water partition coefficient (Wildman–Crippen LogP) is 2.58. The summed E-state index contributed by atoms with van der Waals surface area (Å²) in [5.74, 6) is -0.179. The van der Waals surface area contributed by atoms with Gasteiger partial charge in [-0.15, -0.1) is 0 Å². The fraction of sp³-hybridized carbons (Fsp3) is 0.333. The van der Waals surface area contributed by atoms with E-state index in [9.17, 15) is 4.79 Å². The molecule has 0 fully saturated rings. The van der Waals surface area contributed by atoms with Gasteiger partial charge in [0, 0.05) is 16.8 Å². The molecule has 5 heteroatoms. The first kappa shape index (κ1) is 14.1. The molecule has 0 bridgehead atoms. The minimum Gasteiger partial charge on any atom is -0.496 e. The maximum atomic E-state index is 11.0. The SMILES string of the molecule is CCc1ccc(OC)c(-c2n[nH]c(C)c2CC(=O)O)c1. The van der Waals surface area contributed by atoms with Crippen LogP contribution in [0.3, 0.4) is 0 Å². The first-order valence-corrected chi connectivity index (χ1v) is 6.49. The van der Waals surface area contributed by atoms with Gasteiger partial charge in [-0.1, -0.05) is 13.0 Å². The lowest BCUT2D eigenvalue weighted by Crippen LogP contribution is -2.02. The van der Waals surface area contributed by atoms with Crippen molar-refractivity contribution < 1.29 is 14.6 Å². The molecule has 0 unspecified atom stereocenters. The number of carbonyl (C=O) groups is 1. The molecule has 2 aromatic rings. The molecule has 1 heterocycles. The van der Waals surface area contributed by atoms with Crippen LogP contribution in [-0.4, -0.2) is 28.4 Å². The number of rotatable bonds is 5. The third kappa shape index (κ3) is 2.66. The largest absolute Gasteiger partial charge is 0.496 e. The second-order valence-electron chi connectivity index (χ2n) is 4.63. The summed E-state index contributed by atoms with van der Waals surface area (Å²) in [5.41, 5.74) is 4.10. The summed E-state index contributed by atoms with van der Waals surface area (Å²) in [6.45, 7) is 3.89. The number of hydrogen-bond acceptors (Lipinski definition) is 3. The number of aromatic nitrogens is 2. The Morgan fingerprint density at radius 3 is 2.80 bits per heavy atom. The molecular weight excluding hydrogens is 256 g/mol. The van der Waals surface area contributed by atoms with Crippen LogP contribution in [0.15, 0.2) is 18.2 Å². The molecule has 0 spiro atoms. The van der Waals surface area contributed by atoms with Gasteiger partial charge in [0.25, 0.3) is 0 Å². The highest BCUT2D eigenvalue weighted by molar-refractivity contribution is 5.78. The molecule has 2 N–H and O–H groups in total. The quantitative estimate of drug-likeness (QED) is 0.878. The van der Waals surface area contributed by atoms with E-state index >= 15 is 0 Å². The Morgan fingerprint density at radius 1 is 1.45 bits per heavy atom. The molecule has 20 heavy (non-hydrogen) atoms. The maximum absolute atomic E-state index is 11.0. The summed E-state index contributed by atoms with van der Waals surface area (Å²) < 4.78 is 5.37. The number of aromatic amines is 1. The molecule has 0 atom stereocenters. The Balaban J connectivity index is 2.58. The van der Waals surface area contributed by atoms with Gasteiger partial charge < -0.3 is 9.84 Å². The second-order valence-corrected chi connectivity index (χ2v) is 4.63. The lowest BCUT2D eigenvalue weighted by atomic mass is 10.00. The van der Waals surface area contributed by atoms with Crippen molar-refractivity contribution in [2.24, 2.45) is 0 Å². The fourth-order valence-electron chi connectivity index (χ4n) is 2.20. The summed E-state index contributed by atoms with van der Waals surface area (Å²) in [6, 6.07) is 5.89. The number of carboxylic acid groups (broad SMARTS) is 1. The summed E-state index contributed by atoms with van der Waals surface area (Å²) in [5, 5.41) is 16.2. The van der Waals surface area contributed by atoms with Crippen LogP contribution in [0.4, 0.5) is 0 Å². The van der Waals surface area contributed by atoms with Crippen LogP contribution in [0.1, 0.15) is 23.7 Å². The van der Waals surface area contributed by atoms with Gasteiger partial charge in [-0.3, -0.25) is 9.89 Å². The van der Waals surface area contributed by atoms with Crippen molar-refractivity contribution in [3.63, 3.8) is 0 Å². The van der Waals surface area contributed by atoms with Gasteiger partial charge in [0.1, 0.15) is 5.75 Å². The van der Waals surface area contributed by atoms with Crippen LogP contribution < -0.4 is 4.74 Å². The van der Waals surface area contributed by atoms with Crippen molar-refractivity contribution in [1.82, 2.24) is 10.2 Å². The van der Waals surface area contributed by atoms with Crippen molar-refractivity contribution >= 4 is 5.97 Å². The molecule has 0 saturated heterocycles. The van der Waals surface area contributed by atoms with Gasteiger partial charge in [0.15, 0.2) is 0 Å². The normalized spacial score (nSPS) is 10.6. The standard InChI is InChI=1S/C15H18N2O3/c1-4-10-5-6-13(20-3)12(7-10)15-11(8-14(18)19)9(2)16-17-15/h5-7H,4,8H2,1-3H3,(H,16,17)(H,18,19). The van der Waals surface area contributed by atoms with Crippen LogP contribution in [0.5, 0.6) is 5.75 Å². The van der Waals surface area contributed by atoms with Crippen molar-refractivity contribution in [2.75, 3.05) is 7.11 Å². The fourth-order valence-corrected chi connectivity index (χ4v) is 2.20. The number of aliphatic carboxylic acids is 1. The summed E-state index contributed by atoms with van der Waals surface area (Å²) in [4.78, 5) is 11.0. The zero-order chi connectivity index (χ0) is 14.7. The van der Waals surface area contributed by atoms with E-state index in [1.54, 1.807) is 7.11 Å². The van der Waals surface area contributed by atoms with E-state index < -0.39 is 5.97 Å². The minimum atomic E-state index is -0.874. The molecule has 106 valence electrons. The third-order valence-electron chi connectivity index (χ3n) is 3.33. The number of hydrogen-bond donors (Lipinski definition) is 2. The van der Waals surface area contributed by atoms with E-state index in [-0.39, 0.29) is 6.42 Å². The number of aryl methyl sites for hydroxylation is 2. The van der Waals surface area contributed by atoms with Crippen LogP contribution in [0.2, 0.25) is 0 Å². The molecule has 0 amide bonds. The lowest BCUT2D eigenvalue weighted by molar-refractivity contribution is -0.136. The van der Waals surface area contributed by atoms with Crippen molar-refractivity contribution in [1.29, 1.82) is 0 Å². The Labute approximate surface area is 117 Å². The maximum Gasteiger partial charge on any atom is 0.307 e. The lowest BCUT2D eigenvalue weighted by Gasteiger charge is -2.10. The van der Waals surface area contributed by atoms with Crippen molar-refractivity contribution in [3.8, 4) is 17.0 Å². The first-order valence-electron chi connectivity index (χ1n) is 6.49. The number of benzene rings is 1. The molecule has 5 nitrogen and oxygen atoms in total.